The molecule has 3 nitrogen and oxygen atoms in total. The van der Waals surface area contributed by atoms with Crippen LogP contribution in [0, 0.1) is 5.82 Å². The molecule has 2 N–H and O–H groups in total. The summed E-state index contributed by atoms with van der Waals surface area (Å²) in [5, 5.41) is 0. The molecule has 2 aromatic carbocycles. The third kappa shape index (κ3) is 3.69. The summed E-state index contributed by atoms with van der Waals surface area (Å²) in [6.45, 7) is 0.661. The summed E-state index contributed by atoms with van der Waals surface area (Å²) in [5.41, 5.74) is 7.19. The van der Waals surface area contributed by atoms with Crippen LogP contribution in [0.4, 0.5) is 4.39 Å². The smallest absolute Gasteiger partial charge is 0.127 e. The molecule has 19 heavy (non-hydrogen) atoms. The van der Waals surface area contributed by atoms with Gasteiger partial charge in [-0.2, -0.15) is 0 Å². The molecule has 0 spiro atoms. The third-order valence-corrected chi connectivity index (χ3v) is 2.73. The number of nitrogens with two attached hydrogens (primary N) is 1. The molecule has 0 unspecified atom stereocenters. The maximum atomic E-state index is 13.3. The van der Waals surface area contributed by atoms with Crippen LogP contribution in [0.3, 0.4) is 0 Å². The van der Waals surface area contributed by atoms with Gasteiger partial charge in [0.15, 0.2) is 0 Å². The number of methoxy groups -OCH3 is 1. The zero-order chi connectivity index (χ0) is 13.7. The maximum absolute atomic E-state index is 13.3. The molecule has 4 heteroatoms. The molecular formula is C15H16FNO2. The molecule has 100 valence electrons. The van der Waals surface area contributed by atoms with Gasteiger partial charge in [0.1, 0.15) is 23.9 Å². The molecule has 0 aliphatic carbocycles. The zero-order valence-corrected chi connectivity index (χ0v) is 10.7. The van der Waals surface area contributed by atoms with Crippen molar-refractivity contribution in [2.75, 3.05) is 7.11 Å². The number of halogens is 1. The molecule has 0 saturated heterocycles. The first-order valence-electron chi connectivity index (χ1n) is 5.96. The highest BCUT2D eigenvalue weighted by Crippen LogP contribution is 2.18. The normalized spacial score (nSPS) is 10.3. The molecule has 0 fully saturated rings. The topological polar surface area (TPSA) is 44.5 Å². The van der Waals surface area contributed by atoms with Gasteiger partial charge < -0.3 is 15.2 Å². The van der Waals surface area contributed by atoms with Gasteiger partial charge in [0.2, 0.25) is 0 Å². The Labute approximate surface area is 111 Å². The van der Waals surface area contributed by atoms with Gasteiger partial charge in [0.25, 0.3) is 0 Å². The highest BCUT2D eigenvalue weighted by molar-refractivity contribution is 5.31. The fourth-order valence-corrected chi connectivity index (χ4v) is 1.71. The maximum Gasteiger partial charge on any atom is 0.127 e. The minimum atomic E-state index is -0.340. The van der Waals surface area contributed by atoms with Crippen molar-refractivity contribution in [3.63, 3.8) is 0 Å². The lowest BCUT2D eigenvalue weighted by atomic mass is 10.2. The number of rotatable bonds is 5. The van der Waals surface area contributed by atoms with Crippen LogP contribution in [0.1, 0.15) is 11.1 Å². The molecule has 0 heterocycles. The molecule has 0 amide bonds. The van der Waals surface area contributed by atoms with E-state index in [2.05, 4.69) is 0 Å². The molecule has 0 aromatic heterocycles. The summed E-state index contributed by atoms with van der Waals surface area (Å²) < 4.78 is 23.9. The highest BCUT2D eigenvalue weighted by Gasteiger charge is 2.02. The van der Waals surface area contributed by atoms with Crippen molar-refractivity contribution in [1.82, 2.24) is 0 Å². The average molecular weight is 261 g/mol. The van der Waals surface area contributed by atoms with Gasteiger partial charge in [-0.15, -0.1) is 0 Å². The minimum Gasteiger partial charge on any atom is -0.497 e. The van der Waals surface area contributed by atoms with Gasteiger partial charge in [0, 0.05) is 12.6 Å². The van der Waals surface area contributed by atoms with Gasteiger partial charge in [-0.1, -0.05) is 12.1 Å². The SMILES string of the molecule is COc1ccc(COc2cc(F)cc(CN)c2)cc1. The first-order chi connectivity index (χ1) is 9.21. The molecule has 2 rings (SSSR count). The van der Waals surface area contributed by atoms with E-state index >= 15 is 0 Å². The summed E-state index contributed by atoms with van der Waals surface area (Å²) >= 11 is 0. The van der Waals surface area contributed by atoms with Crippen LogP contribution < -0.4 is 15.2 Å². The van der Waals surface area contributed by atoms with Crippen molar-refractivity contribution in [2.24, 2.45) is 5.73 Å². The van der Waals surface area contributed by atoms with Crippen molar-refractivity contribution in [3.8, 4) is 11.5 Å². The Balaban J connectivity index is 2.03. The van der Waals surface area contributed by atoms with Gasteiger partial charge in [-0.05, 0) is 35.4 Å². The number of benzene rings is 2. The summed E-state index contributed by atoms with van der Waals surface area (Å²) in [5.74, 6) is 0.934. The Kier molecular flexibility index (Phi) is 4.36. The lowest BCUT2D eigenvalue weighted by Gasteiger charge is -2.08. The van der Waals surface area contributed by atoms with Crippen LogP contribution in [0.15, 0.2) is 42.5 Å². The summed E-state index contributed by atoms with van der Waals surface area (Å²) in [6.07, 6.45) is 0. The first kappa shape index (κ1) is 13.4. The van der Waals surface area contributed by atoms with Crippen molar-refractivity contribution < 1.29 is 13.9 Å². The van der Waals surface area contributed by atoms with Gasteiger partial charge >= 0.3 is 0 Å². The second kappa shape index (κ2) is 6.20. The molecule has 0 aliphatic heterocycles. The van der Waals surface area contributed by atoms with Crippen LogP contribution in [-0.4, -0.2) is 7.11 Å². The van der Waals surface area contributed by atoms with Crippen LogP contribution in [0.2, 0.25) is 0 Å². The quantitative estimate of drug-likeness (QED) is 0.900. The van der Waals surface area contributed by atoms with E-state index in [4.69, 9.17) is 15.2 Å². The minimum absolute atomic E-state index is 0.288. The Hall–Kier alpha value is -2.07. The van der Waals surface area contributed by atoms with E-state index in [1.54, 1.807) is 13.2 Å². The van der Waals surface area contributed by atoms with Crippen LogP contribution in [0.5, 0.6) is 11.5 Å². The predicted octanol–water partition coefficient (Wildman–Crippen LogP) is 2.87. The number of hydrogen-bond acceptors (Lipinski definition) is 3. The van der Waals surface area contributed by atoms with Crippen LogP contribution in [0.25, 0.3) is 0 Å². The van der Waals surface area contributed by atoms with Crippen LogP contribution in [-0.2, 0) is 13.2 Å². The Morgan fingerprint density at radius 3 is 2.37 bits per heavy atom. The summed E-state index contributed by atoms with van der Waals surface area (Å²) in [4.78, 5) is 0. The molecule has 0 aliphatic rings. The van der Waals surface area contributed by atoms with E-state index in [1.165, 1.54) is 12.1 Å². The second-order valence-corrected chi connectivity index (χ2v) is 4.14. The molecular weight excluding hydrogens is 245 g/mol. The lowest BCUT2D eigenvalue weighted by Crippen LogP contribution is -2.00. The summed E-state index contributed by atoms with van der Waals surface area (Å²) in [7, 11) is 1.62. The van der Waals surface area contributed by atoms with E-state index in [0.717, 1.165) is 11.3 Å². The fourth-order valence-electron chi connectivity index (χ4n) is 1.71. The molecule has 0 bridgehead atoms. The van der Waals surface area contributed by atoms with Crippen LogP contribution >= 0.6 is 0 Å². The second-order valence-electron chi connectivity index (χ2n) is 4.14. The predicted molar refractivity (Wildman–Crippen MR) is 71.6 cm³/mol. The third-order valence-electron chi connectivity index (χ3n) is 2.73. The Morgan fingerprint density at radius 2 is 1.74 bits per heavy atom. The van der Waals surface area contributed by atoms with Gasteiger partial charge in [-0.25, -0.2) is 4.39 Å². The molecule has 0 saturated carbocycles. The van der Waals surface area contributed by atoms with E-state index in [-0.39, 0.29) is 12.4 Å². The number of hydrogen-bond donors (Lipinski definition) is 1. The Bertz CT molecular complexity index is 540. The summed E-state index contributed by atoms with van der Waals surface area (Å²) in [6, 6.07) is 12.0. The largest absolute Gasteiger partial charge is 0.497 e. The van der Waals surface area contributed by atoms with Crippen molar-refractivity contribution in [1.29, 1.82) is 0 Å². The monoisotopic (exact) mass is 261 g/mol. The molecule has 0 radical (unpaired) electrons. The van der Waals surface area contributed by atoms with Crippen molar-refractivity contribution in [2.45, 2.75) is 13.2 Å². The Morgan fingerprint density at radius 1 is 1.00 bits per heavy atom. The highest BCUT2D eigenvalue weighted by atomic mass is 19.1. The van der Waals surface area contributed by atoms with Gasteiger partial charge in [0.05, 0.1) is 7.11 Å². The van der Waals surface area contributed by atoms with E-state index < -0.39 is 0 Å². The van der Waals surface area contributed by atoms with E-state index in [1.807, 2.05) is 24.3 Å². The fraction of sp³-hybridized carbons (Fsp3) is 0.200. The average Bonchev–Trinajstić information content (AvgIpc) is 2.45. The molecule has 0 atom stereocenters. The first-order valence-corrected chi connectivity index (χ1v) is 5.96. The zero-order valence-electron chi connectivity index (χ0n) is 10.7. The van der Waals surface area contributed by atoms with Crippen molar-refractivity contribution >= 4 is 0 Å². The van der Waals surface area contributed by atoms with E-state index in [9.17, 15) is 4.39 Å². The van der Waals surface area contributed by atoms with Gasteiger partial charge in [-0.3, -0.25) is 0 Å². The van der Waals surface area contributed by atoms with E-state index in [0.29, 0.717) is 17.9 Å². The van der Waals surface area contributed by atoms with Crippen molar-refractivity contribution in [3.05, 3.63) is 59.4 Å². The number of ether oxygens (including phenoxy) is 2. The standard InChI is InChI=1S/C15H16FNO2/c1-18-14-4-2-11(3-5-14)10-19-15-7-12(9-17)6-13(16)8-15/h2-8H,9-10,17H2,1H3. The lowest BCUT2D eigenvalue weighted by molar-refractivity contribution is 0.304. The molecule has 2 aromatic rings.